The number of anilines is 1. The summed E-state index contributed by atoms with van der Waals surface area (Å²) < 4.78 is 1.06. The molecule has 0 bridgehead atoms. The molecular formula is C21H24BrNO. The first-order valence-corrected chi connectivity index (χ1v) is 9.22. The van der Waals surface area contributed by atoms with Gasteiger partial charge in [-0.05, 0) is 59.6 Å². The molecule has 1 fully saturated rings. The third kappa shape index (κ3) is 3.72. The summed E-state index contributed by atoms with van der Waals surface area (Å²) in [5.41, 5.74) is 4.76. The van der Waals surface area contributed by atoms with E-state index in [1.807, 2.05) is 25.1 Å². The van der Waals surface area contributed by atoms with Crippen molar-refractivity contribution in [2.45, 2.75) is 45.4 Å². The Balaban J connectivity index is 1.64. The van der Waals surface area contributed by atoms with Crippen molar-refractivity contribution in [3.05, 3.63) is 63.6 Å². The van der Waals surface area contributed by atoms with Gasteiger partial charge >= 0.3 is 0 Å². The zero-order valence-electron chi connectivity index (χ0n) is 14.7. The molecule has 24 heavy (non-hydrogen) atoms. The second kappa shape index (κ2) is 6.36. The van der Waals surface area contributed by atoms with Crippen LogP contribution < -0.4 is 5.32 Å². The Bertz CT molecular complexity index is 758. The van der Waals surface area contributed by atoms with Crippen molar-refractivity contribution in [3.8, 4) is 0 Å². The molecule has 3 rings (SSSR count). The van der Waals surface area contributed by atoms with E-state index >= 15 is 0 Å². The summed E-state index contributed by atoms with van der Waals surface area (Å²) in [5, 5.41) is 3.05. The lowest BCUT2D eigenvalue weighted by Crippen LogP contribution is -2.14. The van der Waals surface area contributed by atoms with E-state index in [0.29, 0.717) is 5.92 Å². The van der Waals surface area contributed by atoms with Gasteiger partial charge in [0.2, 0.25) is 5.91 Å². The molecule has 1 N–H and O–H groups in total. The minimum absolute atomic E-state index is 0.0921. The van der Waals surface area contributed by atoms with Gasteiger partial charge in [0, 0.05) is 16.1 Å². The van der Waals surface area contributed by atoms with Crippen molar-refractivity contribution >= 4 is 27.5 Å². The van der Waals surface area contributed by atoms with Gasteiger partial charge in [0.15, 0.2) is 0 Å². The van der Waals surface area contributed by atoms with E-state index < -0.39 is 0 Å². The predicted molar refractivity (Wildman–Crippen MR) is 103 cm³/mol. The van der Waals surface area contributed by atoms with Crippen molar-refractivity contribution in [2.24, 2.45) is 5.92 Å². The maximum absolute atomic E-state index is 12.5. The number of amides is 1. The molecule has 0 radical (unpaired) electrons. The van der Waals surface area contributed by atoms with Gasteiger partial charge in [-0.15, -0.1) is 0 Å². The van der Waals surface area contributed by atoms with E-state index in [0.717, 1.165) is 22.1 Å². The molecule has 2 aromatic carbocycles. The van der Waals surface area contributed by atoms with Gasteiger partial charge in [0.1, 0.15) is 0 Å². The minimum Gasteiger partial charge on any atom is -0.326 e. The Morgan fingerprint density at radius 1 is 1.12 bits per heavy atom. The molecule has 2 atom stereocenters. The Hall–Kier alpha value is -1.61. The van der Waals surface area contributed by atoms with Crippen LogP contribution in [-0.2, 0) is 10.2 Å². The van der Waals surface area contributed by atoms with E-state index in [2.05, 4.69) is 66.3 Å². The number of benzene rings is 2. The van der Waals surface area contributed by atoms with Crippen LogP contribution in [0.15, 0.2) is 46.9 Å². The molecule has 0 spiro atoms. The van der Waals surface area contributed by atoms with Crippen LogP contribution in [0.1, 0.15) is 49.8 Å². The highest BCUT2D eigenvalue weighted by atomic mass is 79.9. The topological polar surface area (TPSA) is 29.1 Å². The zero-order chi connectivity index (χ0) is 17.5. The first-order chi connectivity index (χ1) is 11.3. The van der Waals surface area contributed by atoms with Crippen LogP contribution in [0.5, 0.6) is 0 Å². The molecule has 1 amide bonds. The number of aryl methyl sites for hydroxylation is 1. The molecule has 0 aromatic heterocycles. The minimum atomic E-state index is 0.0921. The highest BCUT2D eigenvalue weighted by molar-refractivity contribution is 9.10. The van der Waals surface area contributed by atoms with Crippen molar-refractivity contribution in [2.75, 3.05) is 5.32 Å². The molecular weight excluding hydrogens is 362 g/mol. The highest BCUT2D eigenvalue weighted by Crippen LogP contribution is 2.48. The van der Waals surface area contributed by atoms with Gasteiger partial charge in [0.25, 0.3) is 0 Å². The average Bonchev–Trinajstić information content (AvgIpc) is 3.31. The van der Waals surface area contributed by atoms with Crippen molar-refractivity contribution in [3.63, 3.8) is 0 Å². The summed E-state index contributed by atoms with van der Waals surface area (Å²) >= 11 is 3.48. The first-order valence-electron chi connectivity index (χ1n) is 8.43. The van der Waals surface area contributed by atoms with E-state index in [1.54, 1.807) is 0 Å². The average molecular weight is 386 g/mol. The van der Waals surface area contributed by atoms with Gasteiger partial charge in [-0.3, -0.25) is 4.79 Å². The molecule has 1 aliphatic carbocycles. The molecule has 2 nitrogen and oxygen atoms in total. The molecule has 0 saturated heterocycles. The fourth-order valence-electron chi connectivity index (χ4n) is 3.04. The van der Waals surface area contributed by atoms with Crippen molar-refractivity contribution in [1.82, 2.24) is 0 Å². The lowest BCUT2D eigenvalue weighted by molar-refractivity contribution is -0.117. The maximum Gasteiger partial charge on any atom is 0.228 e. The molecule has 0 unspecified atom stereocenters. The van der Waals surface area contributed by atoms with E-state index in [4.69, 9.17) is 0 Å². The van der Waals surface area contributed by atoms with Crippen LogP contribution in [0.3, 0.4) is 0 Å². The number of hydrogen-bond acceptors (Lipinski definition) is 1. The quantitative estimate of drug-likeness (QED) is 0.710. The Labute approximate surface area is 152 Å². The van der Waals surface area contributed by atoms with Gasteiger partial charge in [-0.1, -0.05) is 61.0 Å². The summed E-state index contributed by atoms with van der Waals surface area (Å²) in [6.45, 7) is 8.68. The summed E-state index contributed by atoms with van der Waals surface area (Å²) in [6.07, 6.45) is 0.941. The number of carbonyl (C=O) groups is 1. The van der Waals surface area contributed by atoms with Crippen molar-refractivity contribution < 1.29 is 4.79 Å². The Morgan fingerprint density at radius 2 is 1.79 bits per heavy atom. The Kier molecular flexibility index (Phi) is 4.56. The van der Waals surface area contributed by atoms with Gasteiger partial charge in [-0.25, -0.2) is 0 Å². The van der Waals surface area contributed by atoms with Crippen LogP contribution in [0, 0.1) is 12.8 Å². The Morgan fingerprint density at radius 3 is 2.38 bits per heavy atom. The summed E-state index contributed by atoms with van der Waals surface area (Å²) in [4.78, 5) is 12.5. The molecule has 3 heteroatoms. The zero-order valence-corrected chi connectivity index (χ0v) is 16.3. The SMILES string of the molecule is Cc1cc(NC(=O)[C@H]2C[C@@H]2c2ccc(C(C)(C)C)cc2)ccc1Br. The summed E-state index contributed by atoms with van der Waals surface area (Å²) in [6, 6.07) is 14.7. The number of halogens is 1. The highest BCUT2D eigenvalue weighted by Gasteiger charge is 2.43. The number of rotatable bonds is 3. The molecule has 126 valence electrons. The molecule has 1 aliphatic rings. The number of hydrogen-bond donors (Lipinski definition) is 1. The monoisotopic (exact) mass is 385 g/mol. The fraction of sp³-hybridized carbons (Fsp3) is 0.381. The van der Waals surface area contributed by atoms with E-state index in [1.165, 1.54) is 11.1 Å². The number of nitrogens with one attached hydrogen (secondary N) is 1. The van der Waals surface area contributed by atoms with Crippen LogP contribution in [0.25, 0.3) is 0 Å². The molecule has 2 aromatic rings. The summed E-state index contributed by atoms with van der Waals surface area (Å²) in [5.74, 6) is 0.576. The first kappa shape index (κ1) is 17.2. The lowest BCUT2D eigenvalue weighted by atomic mass is 9.86. The van der Waals surface area contributed by atoms with Gasteiger partial charge in [-0.2, -0.15) is 0 Å². The number of carbonyl (C=O) groups excluding carboxylic acids is 1. The van der Waals surface area contributed by atoms with Crippen LogP contribution >= 0.6 is 15.9 Å². The standard InChI is InChI=1S/C21H24BrNO/c1-13-11-16(9-10-19(13)22)23-20(24)18-12-17(18)14-5-7-15(8-6-14)21(2,3)4/h5-11,17-18H,12H2,1-4H3,(H,23,24)/t17-,18+/m1/s1. The normalized spacial score (nSPS) is 19.9. The molecule has 0 heterocycles. The predicted octanol–water partition coefficient (Wildman–Crippen LogP) is 5.80. The molecule has 1 saturated carbocycles. The van der Waals surface area contributed by atoms with Crippen LogP contribution in [-0.4, -0.2) is 5.91 Å². The van der Waals surface area contributed by atoms with Gasteiger partial charge in [0.05, 0.1) is 0 Å². The van der Waals surface area contributed by atoms with Crippen LogP contribution in [0.4, 0.5) is 5.69 Å². The third-order valence-electron chi connectivity index (χ3n) is 4.76. The van der Waals surface area contributed by atoms with Crippen molar-refractivity contribution in [1.29, 1.82) is 0 Å². The second-order valence-corrected chi connectivity index (χ2v) is 8.63. The summed E-state index contributed by atoms with van der Waals surface area (Å²) in [7, 11) is 0. The maximum atomic E-state index is 12.5. The van der Waals surface area contributed by atoms with E-state index in [-0.39, 0.29) is 17.2 Å². The largest absolute Gasteiger partial charge is 0.326 e. The molecule has 0 aliphatic heterocycles. The fourth-order valence-corrected chi connectivity index (χ4v) is 3.29. The second-order valence-electron chi connectivity index (χ2n) is 7.77. The van der Waals surface area contributed by atoms with Gasteiger partial charge < -0.3 is 5.32 Å². The lowest BCUT2D eigenvalue weighted by Gasteiger charge is -2.19. The van der Waals surface area contributed by atoms with Crippen LogP contribution in [0.2, 0.25) is 0 Å². The van der Waals surface area contributed by atoms with E-state index in [9.17, 15) is 4.79 Å². The third-order valence-corrected chi connectivity index (χ3v) is 5.65. The smallest absolute Gasteiger partial charge is 0.228 e.